The molecule has 0 saturated carbocycles. The fourth-order valence-electron chi connectivity index (χ4n) is 3.60. The van der Waals surface area contributed by atoms with Crippen molar-refractivity contribution < 1.29 is 18.3 Å². The van der Waals surface area contributed by atoms with Crippen LogP contribution in [0.1, 0.15) is 41.4 Å². The molecule has 0 aliphatic heterocycles. The third-order valence-electron chi connectivity index (χ3n) is 5.27. The standard InChI is InChI=1S/C26H32N4O4S/c1-18(2)29-24-15-21(10-11-23(24)26(32)30-35(3,33)34)20-8-6-19(7-9-20)12-14-28-17-25(31)22-5-4-13-27-16-22/h4-11,13,15-16,18,25,28-29,31H,12,14,17H2,1-3H3,(H,30,32)/t25-/m1/s1. The van der Waals surface area contributed by atoms with Crippen LogP contribution < -0.4 is 15.4 Å². The summed E-state index contributed by atoms with van der Waals surface area (Å²) in [6.07, 6.45) is 4.51. The van der Waals surface area contributed by atoms with E-state index in [1.807, 2.05) is 55.0 Å². The maximum absolute atomic E-state index is 12.4. The molecule has 0 unspecified atom stereocenters. The number of aliphatic hydroxyl groups excluding tert-OH is 1. The van der Waals surface area contributed by atoms with Gasteiger partial charge in [-0.05, 0) is 61.7 Å². The Labute approximate surface area is 206 Å². The van der Waals surface area contributed by atoms with Gasteiger partial charge < -0.3 is 15.7 Å². The summed E-state index contributed by atoms with van der Waals surface area (Å²) >= 11 is 0. The second-order valence-electron chi connectivity index (χ2n) is 8.72. The lowest BCUT2D eigenvalue weighted by Gasteiger charge is -2.16. The molecule has 1 aromatic heterocycles. The maximum atomic E-state index is 12.4. The van der Waals surface area contributed by atoms with Gasteiger partial charge in [0.15, 0.2) is 0 Å². The monoisotopic (exact) mass is 496 g/mol. The van der Waals surface area contributed by atoms with Crippen molar-refractivity contribution in [2.45, 2.75) is 32.4 Å². The predicted octanol–water partition coefficient (Wildman–Crippen LogP) is 3.12. The first-order valence-electron chi connectivity index (χ1n) is 11.4. The van der Waals surface area contributed by atoms with Crippen molar-refractivity contribution in [3.8, 4) is 11.1 Å². The third-order valence-corrected chi connectivity index (χ3v) is 5.83. The van der Waals surface area contributed by atoms with E-state index >= 15 is 0 Å². The highest BCUT2D eigenvalue weighted by Gasteiger charge is 2.17. The minimum absolute atomic E-state index is 0.0570. The van der Waals surface area contributed by atoms with Crippen molar-refractivity contribution in [2.75, 3.05) is 24.7 Å². The van der Waals surface area contributed by atoms with Crippen molar-refractivity contribution in [3.63, 3.8) is 0 Å². The lowest BCUT2D eigenvalue weighted by Crippen LogP contribution is -2.30. The van der Waals surface area contributed by atoms with Crippen LogP contribution in [0, 0.1) is 0 Å². The first-order valence-corrected chi connectivity index (χ1v) is 13.3. The van der Waals surface area contributed by atoms with Crippen LogP contribution >= 0.6 is 0 Å². The maximum Gasteiger partial charge on any atom is 0.266 e. The van der Waals surface area contributed by atoms with E-state index in [1.54, 1.807) is 30.6 Å². The molecule has 2 aromatic carbocycles. The number of carbonyl (C=O) groups excluding carboxylic acids is 1. The molecule has 3 rings (SSSR count). The van der Waals surface area contributed by atoms with Crippen LogP contribution in [-0.2, 0) is 16.4 Å². The normalized spacial score (nSPS) is 12.4. The van der Waals surface area contributed by atoms with Gasteiger partial charge in [-0.2, -0.15) is 0 Å². The number of nitrogens with one attached hydrogen (secondary N) is 3. The van der Waals surface area contributed by atoms with Crippen LogP contribution in [0.2, 0.25) is 0 Å². The lowest BCUT2D eigenvalue weighted by molar-refractivity contribution is 0.0982. The third kappa shape index (κ3) is 8.17. The summed E-state index contributed by atoms with van der Waals surface area (Å²) in [5.74, 6) is -0.668. The van der Waals surface area contributed by atoms with Gasteiger partial charge in [-0.1, -0.05) is 36.4 Å². The van der Waals surface area contributed by atoms with Crippen LogP contribution in [0.5, 0.6) is 0 Å². The zero-order valence-corrected chi connectivity index (χ0v) is 21.0. The number of aromatic nitrogens is 1. The number of sulfonamides is 1. The zero-order valence-electron chi connectivity index (χ0n) is 20.2. The Kier molecular flexibility index (Phi) is 8.97. The summed E-state index contributed by atoms with van der Waals surface area (Å²) in [6, 6.07) is 17.1. The first kappa shape index (κ1) is 26.3. The van der Waals surface area contributed by atoms with Crippen LogP contribution in [0.3, 0.4) is 0 Å². The van der Waals surface area contributed by atoms with Gasteiger partial charge in [-0.3, -0.25) is 9.78 Å². The average Bonchev–Trinajstić information content (AvgIpc) is 2.81. The molecule has 4 N–H and O–H groups in total. The Morgan fingerprint density at radius 3 is 2.40 bits per heavy atom. The van der Waals surface area contributed by atoms with E-state index in [4.69, 9.17) is 0 Å². The number of amides is 1. The number of rotatable bonds is 11. The molecule has 0 aliphatic carbocycles. The first-order chi connectivity index (χ1) is 16.6. The molecule has 0 radical (unpaired) electrons. The van der Waals surface area contributed by atoms with E-state index in [0.717, 1.165) is 41.5 Å². The van der Waals surface area contributed by atoms with Gasteiger partial charge in [-0.25, -0.2) is 13.1 Å². The molecule has 35 heavy (non-hydrogen) atoms. The largest absolute Gasteiger partial charge is 0.387 e. The van der Waals surface area contributed by atoms with Crippen LogP contribution in [0.15, 0.2) is 67.0 Å². The minimum atomic E-state index is -3.66. The molecule has 1 atom stereocenters. The highest BCUT2D eigenvalue weighted by atomic mass is 32.2. The number of pyridine rings is 1. The Balaban J connectivity index is 1.64. The summed E-state index contributed by atoms with van der Waals surface area (Å²) in [4.78, 5) is 16.5. The van der Waals surface area contributed by atoms with E-state index in [-0.39, 0.29) is 11.6 Å². The molecule has 0 bridgehead atoms. The molecule has 1 heterocycles. The summed E-state index contributed by atoms with van der Waals surface area (Å²) in [5, 5.41) is 16.7. The van der Waals surface area contributed by atoms with Crippen molar-refractivity contribution in [1.29, 1.82) is 0 Å². The van der Waals surface area contributed by atoms with Crippen molar-refractivity contribution >= 4 is 21.6 Å². The number of hydrogen-bond donors (Lipinski definition) is 4. The summed E-state index contributed by atoms with van der Waals surface area (Å²) in [6.45, 7) is 5.07. The fraction of sp³-hybridized carbons (Fsp3) is 0.308. The number of benzene rings is 2. The number of anilines is 1. The number of nitrogens with zero attached hydrogens (tertiary/aromatic N) is 1. The topological polar surface area (TPSA) is 120 Å². The second kappa shape index (κ2) is 11.9. The lowest BCUT2D eigenvalue weighted by atomic mass is 10.00. The predicted molar refractivity (Wildman–Crippen MR) is 139 cm³/mol. The summed E-state index contributed by atoms with van der Waals surface area (Å²) in [5.41, 5.74) is 4.67. The van der Waals surface area contributed by atoms with E-state index < -0.39 is 22.0 Å². The van der Waals surface area contributed by atoms with Gasteiger partial charge in [0.1, 0.15) is 0 Å². The average molecular weight is 497 g/mol. The molecule has 3 aromatic rings. The van der Waals surface area contributed by atoms with Crippen molar-refractivity contribution in [2.24, 2.45) is 0 Å². The second-order valence-corrected chi connectivity index (χ2v) is 10.5. The molecule has 186 valence electrons. The minimum Gasteiger partial charge on any atom is -0.387 e. The van der Waals surface area contributed by atoms with Gasteiger partial charge in [0.2, 0.25) is 10.0 Å². The van der Waals surface area contributed by atoms with Crippen molar-refractivity contribution in [1.82, 2.24) is 15.0 Å². The quantitative estimate of drug-likeness (QED) is 0.301. The smallest absolute Gasteiger partial charge is 0.266 e. The number of carbonyl (C=O) groups is 1. The Hall–Kier alpha value is -3.27. The molecule has 9 heteroatoms. The summed E-state index contributed by atoms with van der Waals surface area (Å²) < 4.78 is 25.0. The SMILES string of the molecule is CC(C)Nc1cc(-c2ccc(CCNC[C@@H](O)c3cccnc3)cc2)ccc1C(=O)NS(C)(=O)=O. The van der Waals surface area contributed by atoms with Crippen LogP contribution in [-0.4, -0.2) is 49.8 Å². The molecule has 0 spiro atoms. The highest BCUT2D eigenvalue weighted by molar-refractivity contribution is 7.89. The van der Waals surface area contributed by atoms with Crippen molar-refractivity contribution in [3.05, 3.63) is 83.7 Å². The van der Waals surface area contributed by atoms with E-state index in [2.05, 4.69) is 15.6 Å². The molecular weight excluding hydrogens is 464 g/mol. The molecule has 8 nitrogen and oxygen atoms in total. The fourth-order valence-corrected chi connectivity index (χ4v) is 4.05. The zero-order chi connectivity index (χ0) is 25.4. The molecule has 0 saturated heterocycles. The van der Waals surface area contributed by atoms with Gasteiger partial charge >= 0.3 is 0 Å². The van der Waals surface area contributed by atoms with Gasteiger partial charge in [0, 0.05) is 36.2 Å². The number of hydrogen-bond acceptors (Lipinski definition) is 7. The van der Waals surface area contributed by atoms with Crippen LogP contribution in [0.4, 0.5) is 5.69 Å². The Bertz CT molecular complexity index is 1230. The van der Waals surface area contributed by atoms with Gasteiger partial charge in [-0.15, -0.1) is 0 Å². The van der Waals surface area contributed by atoms with Crippen LogP contribution in [0.25, 0.3) is 11.1 Å². The molecule has 0 fully saturated rings. The molecule has 1 amide bonds. The Morgan fingerprint density at radius 2 is 1.77 bits per heavy atom. The van der Waals surface area contributed by atoms with E-state index in [1.165, 1.54) is 0 Å². The van der Waals surface area contributed by atoms with Gasteiger partial charge in [0.25, 0.3) is 5.91 Å². The van der Waals surface area contributed by atoms with E-state index in [9.17, 15) is 18.3 Å². The van der Waals surface area contributed by atoms with Gasteiger partial charge in [0.05, 0.1) is 17.9 Å². The highest BCUT2D eigenvalue weighted by Crippen LogP contribution is 2.27. The molecule has 0 aliphatic rings. The Morgan fingerprint density at radius 1 is 1.06 bits per heavy atom. The van der Waals surface area contributed by atoms with E-state index in [0.29, 0.717) is 12.2 Å². The summed E-state index contributed by atoms with van der Waals surface area (Å²) in [7, 11) is -3.66. The number of aliphatic hydroxyl groups is 1. The molecular formula is C26H32N4O4S.